The van der Waals surface area contributed by atoms with Crippen LogP contribution in [0.3, 0.4) is 0 Å². The van der Waals surface area contributed by atoms with Gasteiger partial charge >= 0.3 is 0 Å². The molecule has 56 valence electrons. The summed E-state index contributed by atoms with van der Waals surface area (Å²) in [6, 6.07) is 0. The standard InChI is InChI=1S/C7H16O2/c1-4-5-6(8)7(2,3)9/h6,8-9H,4-5H2,1-3H3/t6-/m1/s1. The quantitative estimate of drug-likeness (QED) is 0.599. The second kappa shape index (κ2) is 3.18. The van der Waals surface area contributed by atoms with E-state index < -0.39 is 11.7 Å². The van der Waals surface area contributed by atoms with Crippen molar-refractivity contribution in [3.8, 4) is 0 Å². The highest BCUT2D eigenvalue weighted by Gasteiger charge is 2.22. The van der Waals surface area contributed by atoms with Gasteiger partial charge in [0.25, 0.3) is 0 Å². The summed E-state index contributed by atoms with van der Waals surface area (Å²) < 4.78 is 0. The zero-order valence-corrected chi connectivity index (χ0v) is 6.39. The smallest absolute Gasteiger partial charge is 0.0849 e. The molecule has 0 radical (unpaired) electrons. The normalized spacial score (nSPS) is 15.7. The molecule has 0 aliphatic rings. The highest BCUT2D eigenvalue weighted by molar-refractivity contribution is 4.75. The lowest BCUT2D eigenvalue weighted by Gasteiger charge is -2.23. The lowest BCUT2D eigenvalue weighted by molar-refractivity contribution is -0.0514. The van der Waals surface area contributed by atoms with Crippen LogP contribution in [0.2, 0.25) is 0 Å². The molecule has 0 bridgehead atoms. The Morgan fingerprint density at radius 1 is 1.44 bits per heavy atom. The molecule has 0 aromatic carbocycles. The largest absolute Gasteiger partial charge is 0.390 e. The van der Waals surface area contributed by atoms with Gasteiger partial charge in [-0.2, -0.15) is 0 Å². The molecule has 0 fully saturated rings. The van der Waals surface area contributed by atoms with Crippen molar-refractivity contribution in [3.05, 3.63) is 0 Å². The Kier molecular flexibility index (Phi) is 3.15. The fourth-order valence-corrected chi connectivity index (χ4v) is 0.627. The Hall–Kier alpha value is -0.0800. The van der Waals surface area contributed by atoms with E-state index in [-0.39, 0.29) is 0 Å². The van der Waals surface area contributed by atoms with Crippen molar-refractivity contribution in [2.45, 2.75) is 45.3 Å². The van der Waals surface area contributed by atoms with E-state index in [1.54, 1.807) is 13.8 Å². The molecule has 9 heavy (non-hydrogen) atoms. The summed E-state index contributed by atoms with van der Waals surface area (Å²) in [5.41, 5.74) is -0.935. The molecule has 1 atom stereocenters. The van der Waals surface area contributed by atoms with E-state index in [1.165, 1.54) is 0 Å². The van der Waals surface area contributed by atoms with E-state index >= 15 is 0 Å². The summed E-state index contributed by atoms with van der Waals surface area (Å²) in [5, 5.41) is 18.3. The molecule has 0 amide bonds. The summed E-state index contributed by atoms with van der Waals surface area (Å²) in [6.45, 7) is 5.22. The first-order chi connectivity index (χ1) is 3.98. The van der Waals surface area contributed by atoms with Crippen LogP contribution < -0.4 is 0 Å². The van der Waals surface area contributed by atoms with Crippen LogP contribution in [0.5, 0.6) is 0 Å². The molecule has 0 spiro atoms. The Morgan fingerprint density at radius 3 is 2.00 bits per heavy atom. The van der Waals surface area contributed by atoms with Gasteiger partial charge in [0.1, 0.15) is 0 Å². The summed E-state index contributed by atoms with van der Waals surface area (Å²) in [6.07, 6.45) is 0.997. The van der Waals surface area contributed by atoms with Crippen molar-refractivity contribution in [1.82, 2.24) is 0 Å². The van der Waals surface area contributed by atoms with Crippen molar-refractivity contribution >= 4 is 0 Å². The molecular formula is C7H16O2. The van der Waals surface area contributed by atoms with Crippen LogP contribution in [-0.4, -0.2) is 21.9 Å². The van der Waals surface area contributed by atoms with E-state index in [1.807, 2.05) is 6.92 Å². The Labute approximate surface area is 56.5 Å². The topological polar surface area (TPSA) is 40.5 Å². The molecule has 2 nitrogen and oxygen atoms in total. The van der Waals surface area contributed by atoms with Crippen LogP contribution >= 0.6 is 0 Å². The monoisotopic (exact) mass is 132 g/mol. The van der Waals surface area contributed by atoms with Crippen LogP contribution in [-0.2, 0) is 0 Å². The van der Waals surface area contributed by atoms with Crippen LogP contribution in [0.15, 0.2) is 0 Å². The molecule has 0 aliphatic carbocycles. The van der Waals surface area contributed by atoms with Gasteiger partial charge in [-0.25, -0.2) is 0 Å². The maximum absolute atomic E-state index is 9.17. The van der Waals surface area contributed by atoms with Gasteiger partial charge in [0.05, 0.1) is 11.7 Å². The van der Waals surface area contributed by atoms with Crippen molar-refractivity contribution in [3.63, 3.8) is 0 Å². The predicted molar refractivity (Wildman–Crippen MR) is 37.2 cm³/mol. The number of aliphatic hydroxyl groups is 2. The van der Waals surface area contributed by atoms with Crippen LogP contribution in [0.4, 0.5) is 0 Å². The molecule has 0 aromatic heterocycles. The highest BCUT2D eigenvalue weighted by atomic mass is 16.3. The van der Waals surface area contributed by atoms with E-state index in [2.05, 4.69) is 0 Å². The lowest BCUT2D eigenvalue weighted by atomic mass is 9.98. The van der Waals surface area contributed by atoms with Crippen LogP contribution in [0.25, 0.3) is 0 Å². The van der Waals surface area contributed by atoms with Gasteiger partial charge in [-0.15, -0.1) is 0 Å². The van der Waals surface area contributed by atoms with E-state index in [0.717, 1.165) is 6.42 Å². The third-order valence-electron chi connectivity index (χ3n) is 1.38. The summed E-state index contributed by atoms with van der Waals surface area (Å²) in [5.74, 6) is 0. The van der Waals surface area contributed by atoms with Crippen LogP contribution in [0, 0.1) is 0 Å². The van der Waals surface area contributed by atoms with Crippen molar-refractivity contribution in [1.29, 1.82) is 0 Å². The number of hydrogen-bond acceptors (Lipinski definition) is 2. The molecule has 2 heteroatoms. The SMILES string of the molecule is CCC[C@@H](O)C(C)(C)O. The fraction of sp³-hybridized carbons (Fsp3) is 1.00. The molecule has 0 saturated heterocycles. The van der Waals surface area contributed by atoms with E-state index in [9.17, 15) is 0 Å². The maximum atomic E-state index is 9.17. The molecule has 2 N–H and O–H groups in total. The van der Waals surface area contributed by atoms with E-state index in [4.69, 9.17) is 10.2 Å². The summed E-state index contributed by atoms with van der Waals surface area (Å²) in [4.78, 5) is 0. The van der Waals surface area contributed by atoms with Gasteiger partial charge in [0.2, 0.25) is 0 Å². The van der Waals surface area contributed by atoms with Crippen molar-refractivity contribution < 1.29 is 10.2 Å². The predicted octanol–water partition coefficient (Wildman–Crippen LogP) is 0.918. The Balaban J connectivity index is 3.59. The van der Waals surface area contributed by atoms with E-state index in [0.29, 0.717) is 6.42 Å². The van der Waals surface area contributed by atoms with Crippen molar-refractivity contribution in [2.24, 2.45) is 0 Å². The molecule has 0 aromatic rings. The summed E-state index contributed by atoms with van der Waals surface area (Å²) in [7, 11) is 0. The van der Waals surface area contributed by atoms with Gasteiger partial charge in [-0.05, 0) is 20.3 Å². The highest BCUT2D eigenvalue weighted by Crippen LogP contribution is 2.12. The Morgan fingerprint density at radius 2 is 1.89 bits per heavy atom. The lowest BCUT2D eigenvalue weighted by Crippen LogP contribution is -2.35. The minimum absolute atomic E-state index is 0.581. The molecule has 0 rings (SSSR count). The molecule has 0 unspecified atom stereocenters. The molecule has 0 aliphatic heterocycles. The fourth-order valence-electron chi connectivity index (χ4n) is 0.627. The van der Waals surface area contributed by atoms with Crippen molar-refractivity contribution in [2.75, 3.05) is 0 Å². The average Bonchev–Trinajstić information content (AvgIpc) is 1.64. The zero-order chi connectivity index (χ0) is 7.49. The van der Waals surface area contributed by atoms with Gasteiger partial charge in [-0.1, -0.05) is 13.3 Å². The summed E-state index contributed by atoms with van der Waals surface area (Å²) >= 11 is 0. The minimum atomic E-state index is -0.935. The molecular weight excluding hydrogens is 116 g/mol. The second-order valence-corrected chi connectivity index (χ2v) is 2.96. The number of rotatable bonds is 3. The third-order valence-corrected chi connectivity index (χ3v) is 1.38. The molecule has 0 heterocycles. The minimum Gasteiger partial charge on any atom is -0.390 e. The first-order valence-electron chi connectivity index (χ1n) is 3.39. The number of aliphatic hydroxyl groups excluding tert-OH is 1. The van der Waals surface area contributed by atoms with Gasteiger partial charge in [0.15, 0.2) is 0 Å². The van der Waals surface area contributed by atoms with Gasteiger partial charge in [-0.3, -0.25) is 0 Å². The first-order valence-corrected chi connectivity index (χ1v) is 3.39. The number of hydrogen-bond donors (Lipinski definition) is 2. The average molecular weight is 132 g/mol. The van der Waals surface area contributed by atoms with Gasteiger partial charge in [0, 0.05) is 0 Å². The zero-order valence-electron chi connectivity index (χ0n) is 6.39. The maximum Gasteiger partial charge on any atom is 0.0849 e. The first kappa shape index (κ1) is 8.92. The third kappa shape index (κ3) is 3.49. The van der Waals surface area contributed by atoms with Gasteiger partial charge < -0.3 is 10.2 Å². The second-order valence-electron chi connectivity index (χ2n) is 2.96. The van der Waals surface area contributed by atoms with Crippen LogP contribution in [0.1, 0.15) is 33.6 Å². The Bertz CT molecular complexity index is 73.5. The molecule has 0 saturated carbocycles.